The Bertz CT molecular complexity index is 312. The van der Waals surface area contributed by atoms with Gasteiger partial charge in [-0.15, -0.1) is 0 Å². The number of thioether (sulfide) groups is 1. The average molecular weight is 273 g/mol. The fourth-order valence-corrected chi connectivity index (χ4v) is 2.89. The number of amidine groups is 1. The molecular weight excluding hydrogens is 250 g/mol. The molecule has 5 nitrogen and oxygen atoms in total. The van der Waals surface area contributed by atoms with E-state index in [2.05, 4.69) is 17.4 Å². The van der Waals surface area contributed by atoms with Crippen LogP contribution in [0.25, 0.3) is 0 Å². The summed E-state index contributed by atoms with van der Waals surface area (Å²) in [5, 5.41) is 15.0. The molecular formula is C12H23N3O2S. The lowest BCUT2D eigenvalue weighted by Gasteiger charge is -2.39. The number of carbonyl (C=O) groups excluding carboxylic acids is 1. The first kappa shape index (κ1) is 15.1. The van der Waals surface area contributed by atoms with E-state index in [0.29, 0.717) is 11.7 Å². The molecule has 4 N–H and O–H groups in total. The van der Waals surface area contributed by atoms with E-state index >= 15 is 0 Å². The van der Waals surface area contributed by atoms with Crippen molar-refractivity contribution in [2.75, 3.05) is 12.0 Å². The van der Waals surface area contributed by atoms with Crippen LogP contribution >= 0.6 is 11.8 Å². The third-order valence-electron chi connectivity index (χ3n) is 3.79. The Morgan fingerprint density at radius 2 is 2.17 bits per heavy atom. The summed E-state index contributed by atoms with van der Waals surface area (Å²) in [6.45, 7) is 2.17. The maximum absolute atomic E-state index is 11.8. The fraction of sp³-hybridized carbons (Fsp3) is 0.833. The van der Waals surface area contributed by atoms with Gasteiger partial charge in [0.15, 0.2) is 5.84 Å². The van der Waals surface area contributed by atoms with E-state index in [1.807, 2.05) is 6.26 Å². The van der Waals surface area contributed by atoms with Crippen LogP contribution in [0.1, 0.15) is 39.0 Å². The Labute approximate surface area is 113 Å². The minimum Gasteiger partial charge on any atom is -0.409 e. The second-order valence-electron chi connectivity index (χ2n) is 4.90. The highest BCUT2D eigenvalue weighted by Crippen LogP contribution is 2.34. The molecule has 0 spiro atoms. The van der Waals surface area contributed by atoms with Gasteiger partial charge in [0, 0.05) is 0 Å². The Kier molecular flexibility index (Phi) is 5.78. The Balaban J connectivity index is 2.75. The topological polar surface area (TPSA) is 87.7 Å². The standard InChI is InChI=1S/C12H23N3O2S/c1-3-9-4-6-12(7-5-9,11(13)15-17)14-10(16)8-18-2/h9,17H,3-8H2,1-2H3,(H2,13,15)(H,14,16). The fourth-order valence-electron chi connectivity index (χ4n) is 2.55. The Hall–Kier alpha value is -0.910. The van der Waals surface area contributed by atoms with Crippen molar-refractivity contribution < 1.29 is 10.0 Å². The summed E-state index contributed by atoms with van der Waals surface area (Å²) in [5.41, 5.74) is 5.15. The maximum Gasteiger partial charge on any atom is 0.230 e. The predicted molar refractivity (Wildman–Crippen MR) is 74.9 cm³/mol. The zero-order valence-electron chi connectivity index (χ0n) is 11.1. The number of hydrogen-bond donors (Lipinski definition) is 3. The van der Waals surface area contributed by atoms with Gasteiger partial charge in [-0.2, -0.15) is 11.8 Å². The third kappa shape index (κ3) is 3.54. The number of carbonyl (C=O) groups is 1. The molecule has 1 saturated carbocycles. The lowest BCUT2D eigenvalue weighted by molar-refractivity contribution is -0.120. The van der Waals surface area contributed by atoms with Gasteiger partial charge in [-0.1, -0.05) is 18.5 Å². The van der Waals surface area contributed by atoms with Crippen LogP contribution < -0.4 is 11.1 Å². The predicted octanol–water partition coefficient (Wildman–Crippen LogP) is 1.55. The smallest absolute Gasteiger partial charge is 0.230 e. The molecule has 6 heteroatoms. The van der Waals surface area contributed by atoms with Gasteiger partial charge >= 0.3 is 0 Å². The minimum absolute atomic E-state index is 0.0518. The van der Waals surface area contributed by atoms with Crippen molar-refractivity contribution in [2.45, 2.75) is 44.6 Å². The van der Waals surface area contributed by atoms with Crippen LogP contribution in [0.3, 0.4) is 0 Å². The number of oxime groups is 1. The molecule has 1 aliphatic rings. The van der Waals surface area contributed by atoms with Crippen LogP contribution in [0.5, 0.6) is 0 Å². The van der Waals surface area contributed by atoms with Crippen molar-refractivity contribution in [3.63, 3.8) is 0 Å². The lowest BCUT2D eigenvalue weighted by atomic mass is 9.75. The maximum atomic E-state index is 11.8. The molecule has 1 fully saturated rings. The molecule has 0 aliphatic heterocycles. The number of nitrogens with one attached hydrogen (secondary N) is 1. The first-order chi connectivity index (χ1) is 8.57. The van der Waals surface area contributed by atoms with E-state index in [4.69, 9.17) is 10.9 Å². The van der Waals surface area contributed by atoms with Crippen molar-refractivity contribution in [3.05, 3.63) is 0 Å². The normalized spacial score (nSPS) is 29.0. The molecule has 0 atom stereocenters. The molecule has 0 saturated heterocycles. The summed E-state index contributed by atoms with van der Waals surface area (Å²) in [7, 11) is 0. The highest BCUT2D eigenvalue weighted by atomic mass is 32.2. The number of nitrogens with zero attached hydrogens (tertiary/aromatic N) is 1. The highest BCUT2D eigenvalue weighted by Gasteiger charge is 2.40. The van der Waals surface area contributed by atoms with Crippen LogP contribution in [-0.4, -0.2) is 34.5 Å². The average Bonchev–Trinajstić information content (AvgIpc) is 2.38. The summed E-state index contributed by atoms with van der Waals surface area (Å²) in [6, 6.07) is 0. The molecule has 18 heavy (non-hydrogen) atoms. The lowest BCUT2D eigenvalue weighted by Crippen LogP contribution is -2.59. The van der Waals surface area contributed by atoms with Gasteiger partial charge < -0.3 is 16.3 Å². The van der Waals surface area contributed by atoms with E-state index in [1.54, 1.807) is 0 Å². The van der Waals surface area contributed by atoms with Crippen LogP contribution in [0.15, 0.2) is 5.16 Å². The molecule has 1 rings (SSSR count). The van der Waals surface area contributed by atoms with E-state index in [0.717, 1.165) is 32.1 Å². The molecule has 0 aromatic heterocycles. The van der Waals surface area contributed by atoms with Crippen LogP contribution in [0, 0.1) is 5.92 Å². The summed E-state index contributed by atoms with van der Waals surface area (Å²) < 4.78 is 0. The van der Waals surface area contributed by atoms with Gasteiger partial charge in [-0.25, -0.2) is 0 Å². The molecule has 1 amide bonds. The van der Waals surface area contributed by atoms with E-state index < -0.39 is 5.54 Å². The molecule has 104 valence electrons. The van der Waals surface area contributed by atoms with Gasteiger partial charge in [0.1, 0.15) is 5.54 Å². The van der Waals surface area contributed by atoms with E-state index in [9.17, 15) is 4.79 Å². The molecule has 0 aromatic rings. The summed E-state index contributed by atoms with van der Waals surface area (Å²) in [6.07, 6.45) is 6.54. The van der Waals surface area contributed by atoms with Crippen molar-refractivity contribution in [1.82, 2.24) is 5.32 Å². The molecule has 0 aromatic carbocycles. The van der Waals surface area contributed by atoms with Gasteiger partial charge in [-0.05, 0) is 37.9 Å². The minimum atomic E-state index is -0.646. The van der Waals surface area contributed by atoms with Crippen LogP contribution in [0.2, 0.25) is 0 Å². The number of amides is 1. The van der Waals surface area contributed by atoms with Crippen LogP contribution in [-0.2, 0) is 4.79 Å². The van der Waals surface area contributed by atoms with Crippen molar-refractivity contribution in [1.29, 1.82) is 0 Å². The number of nitrogens with two attached hydrogens (primary N) is 1. The summed E-state index contributed by atoms with van der Waals surface area (Å²) in [5.74, 6) is 1.16. The molecule has 0 bridgehead atoms. The quantitative estimate of drug-likeness (QED) is 0.307. The molecule has 0 radical (unpaired) electrons. The molecule has 1 aliphatic carbocycles. The van der Waals surface area contributed by atoms with E-state index in [1.165, 1.54) is 11.8 Å². The van der Waals surface area contributed by atoms with E-state index in [-0.39, 0.29) is 11.7 Å². The third-order valence-corrected chi connectivity index (χ3v) is 4.34. The largest absolute Gasteiger partial charge is 0.409 e. The first-order valence-corrected chi connectivity index (χ1v) is 7.75. The summed E-state index contributed by atoms with van der Waals surface area (Å²) >= 11 is 1.47. The first-order valence-electron chi connectivity index (χ1n) is 6.36. The zero-order chi connectivity index (χ0) is 13.6. The number of hydrogen-bond acceptors (Lipinski definition) is 4. The second kappa shape index (κ2) is 6.87. The SMILES string of the molecule is CCC1CCC(NC(=O)CSC)(C(N)=NO)CC1. The molecule has 0 unspecified atom stereocenters. The second-order valence-corrected chi connectivity index (χ2v) is 5.77. The van der Waals surface area contributed by atoms with Crippen LogP contribution in [0.4, 0.5) is 0 Å². The van der Waals surface area contributed by atoms with Crippen molar-refractivity contribution in [3.8, 4) is 0 Å². The van der Waals surface area contributed by atoms with Gasteiger partial charge in [0.25, 0.3) is 0 Å². The highest BCUT2D eigenvalue weighted by molar-refractivity contribution is 7.99. The van der Waals surface area contributed by atoms with Gasteiger partial charge in [0.2, 0.25) is 5.91 Å². The zero-order valence-corrected chi connectivity index (χ0v) is 11.9. The summed E-state index contributed by atoms with van der Waals surface area (Å²) in [4.78, 5) is 11.8. The van der Waals surface area contributed by atoms with Crippen molar-refractivity contribution >= 4 is 23.5 Å². The van der Waals surface area contributed by atoms with Gasteiger partial charge in [-0.3, -0.25) is 4.79 Å². The molecule has 0 heterocycles. The van der Waals surface area contributed by atoms with Gasteiger partial charge in [0.05, 0.1) is 5.75 Å². The Morgan fingerprint density at radius 3 is 2.61 bits per heavy atom. The Morgan fingerprint density at radius 1 is 1.56 bits per heavy atom. The van der Waals surface area contributed by atoms with Crippen molar-refractivity contribution in [2.24, 2.45) is 16.8 Å². The monoisotopic (exact) mass is 273 g/mol. The number of rotatable bonds is 5.